The minimum Gasteiger partial charge on any atom is -0.468 e. The molecule has 1 aromatic heterocycles. The number of esters is 2. The van der Waals surface area contributed by atoms with Crippen molar-refractivity contribution < 1.29 is 27.5 Å². The van der Waals surface area contributed by atoms with Gasteiger partial charge < -0.3 is 9.47 Å². The fourth-order valence-electron chi connectivity index (χ4n) is 1.39. The van der Waals surface area contributed by atoms with Gasteiger partial charge in [0.15, 0.2) is 5.03 Å². The van der Waals surface area contributed by atoms with Gasteiger partial charge in [-0.05, 0) is 6.07 Å². The van der Waals surface area contributed by atoms with Gasteiger partial charge in [0.2, 0.25) is 0 Å². The van der Waals surface area contributed by atoms with Crippen molar-refractivity contribution in [3.8, 4) is 0 Å². The van der Waals surface area contributed by atoms with Crippen LogP contribution < -0.4 is 0 Å². The third-order valence-corrected chi connectivity index (χ3v) is 4.31. The Labute approximate surface area is 116 Å². The minimum atomic E-state index is -4.07. The summed E-state index contributed by atoms with van der Waals surface area (Å²) in [5, 5.41) is 3.59. The van der Waals surface area contributed by atoms with Gasteiger partial charge in [0.25, 0.3) is 10.0 Å². The molecule has 0 aliphatic carbocycles. The maximum absolute atomic E-state index is 12.4. The fraction of sp³-hybridized carbons (Fsp3) is 0.500. The van der Waals surface area contributed by atoms with Crippen LogP contribution in [-0.4, -0.2) is 61.8 Å². The summed E-state index contributed by atoms with van der Waals surface area (Å²) in [6, 6.07) is 1.26. The summed E-state index contributed by atoms with van der Waals surface area (Å²) in [6.45, 7) is -1.20. The molecule has 0 unspecified atom stereocenters. The average Bonchev–Trinajstić information content (AvgIpc) is 2.84. The molecular weight excluding hydrogens is 290 g/mol. The Kier molecular flexibility index (Phi) is 5.22. The topological polar surface area (TPSA) is 108 Å². The molecule has 0 saturated heterocycles. The summed E-state index contributed by atoms with van der Waals surface area (Å²) in [4.78, 5) is 22.6. The van der Waals surface area contributed by atoms with Crippen LogP contribution in [0.5, 0.6) is 0 Å². The summed E-state index contributed by atoms with van der Waals surface area (Å²) in [6.07, 6.45) is 1.29. The molecule has 0 atom stereocenters. The van der Waals surface area contributed by atoms with Crippen molar-refractivity contribution in [3.05, 3.63) is 12.3 Å². The number of carbonyl (C=O) groups excluding carboxylic acids is 2. The predicted molar refractivity (Wildman–Crippen MR) is 66.0 cm³/mol. The van der Waals surface area contributed by atoms with Crippen LogP contribution in [0.25, 0.3) is 0 Å². The molecule has 0 saturated carbocycles. The number of aryl methyl sites for hydroxylation is 1. The molecule has 1 rings (SSSR count). The second-order valence-electron chi connectivity index (χ2n) is 3.72. The summed E-state index contributed by atoms with van der Waals surface area (Å²) in [5.74, 6) is -1.58. The third-order valence-electron chi connectivity index (χ3n) is 2.45. The minimum absolute atomic E-state index is 0.148. The standard InChI is InChI=1S/C10H15N3O6S/c1-12-8(4-5-11-12)20(16,17)13(6-9(14)18-2)7-10(15)19-3/h4-5H,6-7H2,1-3H3. The summed E-state index contributed by atoms with van der Waals surface area (Å²) in [7, 11) is -0.394. The van der Waals surface area contributed by atoms with Crippen molar-refractivity contribution in [1.29, 1.82) is 0 Å². The molecule has 9 nitrogen and oxygen atoms in total. The molecule has 1 aromatic rings. The molecule has 1 heterocycles. The van der Waals surface area contributed by atoms with E-state index in [0.717, 1.165) is 18.9 Å². The Hall–Kier alpha value is -1.94. The van der Waals surface area contributed by atoms with Gasteiger partial charge in [-0.3, -0.25) is 14.3 Å². The van der Waals surface area contributed by atoms with E-state index in [9.17, 15) is 18.0 Å². The molecule has 0 amide bonds. The van der Waals surface area contributed by atoms with Gasteiger partial charge >= 0.3 is 11.9 Å². The van der Waals surface area contributed by atoms with Crippen LogP contribution in [0.3, 0.4) is 0 Å². The molecule has 0 N–H and O–H groups in total. The van der Waals surface area contributed by atoms with Crippen LogP contribution >= 0.6 is 0 Å². The first-order chi connectivity index (χ1) is 9.32. The lowest BCUT2D eigenvalue weighted by atomic mass is 10.6. The molecule has 0 aliphatic rings. The number of hydrogen-bond donors (Lipinski definition) is 0. The molecule has 0 aliphatic heterocycles. The number of methoxy groups -OCH3 is 2. The van der Waals surface area contributed by atoms with Gasteiger partial charge in [-0.2, -0.15) is 9.40 Å². The Morgan fingerprint density at radius 2 is 1.75 bits per heavy atom. The van der Waals surface area contributed by atoms with Crippen molar-refractivity contribution in [2.24, 2.45) is 7.05 Å². The van der Waals surface area contributed by atoms with E-state index in [-0.39, 0.29) is 5.03 Å². The van der Waals surface area contributed by atoms with Crippen LogP contribution in [0.4, 0.5) is 0 Å². The first-order valence-corrected chi connectivity index (χ1v) is 6.88. The highest BCUT2D eigenvalue weighted by atomic mass is 32.2. The molecule has 0 bridgehead atoms. The van der Waals surface area contributed by atoms with Crippen LogP contribution in [-0.2, 0) is 36.1 Å². The van der Waals surface area contributed by atoms with E-state index in [4.69, 9.17) is 0 Å². The Morgan fingerprint density at radius 1 is 1.25 bits per heavy atom. The lowest BCUT2D eigenvalue weighted by Crippen LogP contribution is -2.40. The average molecular weight is 305 g/mol. The quantitative estimate of drug-likeness (QED) is 0.605. The number of sulfonamides is 1. The van der Waals surface area contributed by atoms with E-state index < -0.39 is 35.1 Å². The van der Waals surface area contributed by atoms with Crippen LogP contribution in [0, 0.1) is 0 Å². The zero-order valence-corrected chi connectivity index (χ0v) is 12.1. The molecule has 0 spiro atoms. The van der Waals surface area contributed by atoms with Gasteiger partial charge in [0, 0.05) is 7.05 Å². The first kappa shape index (κ1) is 16.1. The van der Waals surface area contributed by atoms with Gasteiger partial charge in [-0.1, -0.05) is 0 Å². The van der Waals surface area contributed by atoms with Crippen LogP contribution in [0.2, 0.25) is 0 Å². The number of rotatable bonds is 6. The highest BCUT2D eigenvalue weighted by Crippen LogP contribution is 2.14. The van der Waals surface area contributed by atoms with E-state index in [1.165, 1.54) is 19.3 Å². The molecule has 112 valence electrons. The summed E-state index contributed by atoms with van der Waals surface area (Å²) < 4.78 is 35.4. The predicted octanol–water partition coefficient (Wildman–Crippen LogP) is -1.24. The van der Waals surface area contributed by atoms with Crippen molar-refractivity contribution >= 4 is 22.0 Å². The lowest BCUT2D eigenvalue weighted by molar-refractivity contribution is -0.143. The zero-order valence-electron chi connectivity index (χ0n) is 11.3. The van der Waals surface area contributed by atoms with Crippen LogP contribution in [0.15, 0.2) is 17.3 Å². The van der Waals surface area contributed by atoms with Gasteiger partial charge in [0.05, 0.1) is 20.4 Å². The van der Waals surface area contributed by atoms with E-state index >= 15 is 0 Å². The Balaban J connectivity index is 3.12. The number of hydrogen-bond acceptors (Lipinski definition) is 7. The highest BCUT2D eigenvalue weighted by molar-refractivity contribution is 7.89. The first-order valence-electron chi connectivity index (χ1n) is 5.44. The van der Waals surface area contributed by atoms with Crippen molar-refractivity contribution in [2.75, 3.05) is 27.3 Å². The second kappa shape index (κ2) is 6.48. The molecule has 0 radical (unpaired) electrons. The van der Waals surface area contributed by atoms with Crippen molar-refractivity contribution in [3.63, 3.8) is 0 Å². The molecule has 0 fully saturated rings. The van der Waals surface area contributed by atoms with E-state index in [0.29, 0.717) is 4.31 Å². The molecule has 0 aromatic carbocycles. The normalized spacial score (nSPS) is 11.4. The number of carbonyl (C=O) groups is 2. The van der Waals surface area contributed by atoms with E-state index in [1.807, 2.05) is 0 Å². The van der Waals surface area contributed by atoms with Crippen molar-refractivity contribution in [2.45, 2.75) is 5.03 Å². The summed E-state index contributed by atoms with van der Waals surface area (Å²) >= 11 is 0. The number of ether oxygens (including phenoxy) is 2. The van der Waals surface area contributed by atoms with Gasteiger partial charge in [-0.15, -0.1) is 0 Å². The molecule has 10 heteroatoms. The zero-order chi connectivity index (χ0) is 15.3. The second-order valence-corrected chi connectivity index (χ2v) is 5.60. The maximum atomic E-state index is 12.4. The SMILES string of the molecule is COC(=O)CN(CC(=O)OC)S(=O)(=O)c1ccnn1C. The summed E-state index contributed by atoms with van der Waals surface area (Å²) in [5.41, 5.74) is 0. The third kappa shape index (κ3) is 3.54. The van der Waals surface area contributed by atoms with E-state index in [2.05, 4.69) is 14.6 Å². The Bertz CT molecular complexity index is 576. The smallest absolute Gasteiger partial charge is 0.321 e. The molecular formula is C10H15N3O6S. The highest BCUT2D eigenvalue weighted by Gasteiger charge is 2.31. The monoisotopic (exact) mass is 305 g/mol. The number of nitrogens with zero attached hydrogens (tertiary/aromatic N) is 3. The number of aromatic nitrogens is 2. The molecule has 20 heavy (non-hydrogen) atoms. The largest absolute Gasteiger partial charge is 0.468 e. The van der Waals surface area contributed by atoms with Crippen LogP contribution in [0.1, 0.15) is 0 Å². The van der Waals surface area contributed by atoms with Gasteiger partial charge in [0.1, 0.15) is 13.1 Å². The Morgan fingerprint density at radius 3 is 2.10 bits per heavy atom. The maximum Gasteiger partial charge on any atom is 0.321 e. The van der Waals surface area contributed by atoms with E-state index in [1.54, 1.807) is 0 Å². The lowest BCUT2D eigenvalue weighted by Gasteiger charge is -2.19. The van der Waals surface area contributed by atoms with Crippen molar-refractivity contribution in [1.82, 2.24) is 14.1 Å². The fourth-order valence-corrected chi connectivity index (χ4v) is 2.82. The van der Waals surface area contributed by atoms with Gasteiger partial charge in [-0.25, -0.2) is 8.42 Å².